The number of benzene rings is 2. The van der Waals surface area contributed by atoms with Crippen molar-refractivity contribution < 1.29 is 22.7 Å². The van der Waals surface area contributed by atoms with Crippen molar-refractivity contribution in [1.82, 2.24) is 8.87 Å². The van der Waals surface area contributed by atoms with Crippen molar-refractivity contribution in [2.24, 2.45) is 4.99 Å². The predicted molar refractivity (Wildman–Crippen MR) is 129 cm³/mol. The lowest BCUT2D eigenvalue weighted by molar-refractivity contribution is -0.121. The molecule has 0 bridgehead atoms. The summed E-state index contributed by atoms with van der Waals surface area (Å²) in [6, 6.07) is 9.87. The van der Waals surface area contributed by atoms with Gasteiger partial charge in [0.05, 0.1) is 34.3 Å². The van der Waals surface area contributed by atoms with Gasteiger partial charge in [-0.25, -0.2) is 13.2 Å². The number of amides is 1. The first-order valence-corrected chi connectivity index (χ1v) is 12.9. The van der Waals surface area contributed by atoms with Crippen molar-refractivity contribution in [3.8, 4) is 12.3 Å². The van der Waals surface area contributed by atoms with Crippen LogP contribution in [0, 0.1) is 12.3 Å². The zero-order valence-corrected chi connectivity index (χ0v) is 20.5. The molecule has 2 heterocycles. The summed E-state index contributed by atoms with van der Waals surface area (Å²) in [7, 11) is -2.60. The van der Waals surface area contributed by atoms with Gasteiger partial charge in [-0.1, -0.05) is 28.9 Å². The van der Waals surface area contributed by atoms with Crippen LogP contribution < -0.4 is 4.80 Å². The van der Waals surface area contributed by atoms with Gasteiger partial charge in [0.1, 0.15) is 6.04 Å². The fourth-order valence-corrected chi connectivity index (χ4v) is 6.68. The molecule has 1 aromatic heterocycles. The molecule has 34 heavy (non-hydrogen) atoms. The van der Waals surface area contributed by atoms with Gasteiger partial charge >= 0.3 is 5.97 Å². The number of terminal acetylenes is 1. The van der Waals surface area contributed by atoms with Crippen LogP contribution in [0.2, 0.25) is 5.02 Å². The summed E-state index contributed by atoms with van der Waals surface area (Å²) in [5, 5.41) is 0.418. The third-order valence-electron chi connectivity index (χ3n) is 5.47. The Morgan fingerprint density at radius 2 is 2.00 bits per heavy atom. The molecule has 0 aliphatic carbocycles. The average Bonchev–Trinajstić information content (AvgIpc) is 3.45. The van der Waals surface area contributed by atoms with Gasteiger partial charge < -0.3 is 9.30 Å². The van der Waals surface area contributed by atoms with Gasteiger partial charge in [0.15, 0.2) is 4.80 Å². The smallest absolute Gasteiger partial charge is 0.337 e. The van der Waals surface area contributed by atoms with Gasteiger partial charge in [0.2, 0.25) is 10.0 Å². The maximum Gasteiger partial charge on any atom is 0.337 e. The zero-order chi connectivity index (χ0) is 24.5. The lowest BCUT2D eigenvalue weighted by Crippen LogP contribution is -2.40. The molecule has 0 saturated carbocycles. The number of thiazole rings is 1. The first-order chi connectivity index (χ1) is 16.3. The van der Waals surface area contributed by atoms with E-state index in [1.807, 2.05) is 0 Å². The summed E-state index contributed by atoms with van der Waals surface area (Å²) < 4.78 is 34.7. The second-order valence-electron chi connectivity index (χ2n) is 7.53. The van der Waals surface area contributed by atoms with Crippen molar-refractivity contribution in [3.05, 3.63) is 57.9 Å². The van der Waals surface area contributed by atoms with E-state index >= 15 is 0 Å². The van der Waals surface area contributed by atoms with E-state index in [9.17, 15) is 18.0 Å². The zero-order valence-electron chi connectivity index (χ0n) is 18.1. The largest absolute Gasteiger partial charge is 0.465 e. The number of carbonyl (C=O) groups is 2. The summed E-state index contributed by atoms with van der Waals surface area (Å²) in [6.07, 6.45) is 6.43. The molecule has 8 nitrogen and oxygen atoms in total. The highest BCUT2D eigenvalue weighted by Gasteiger charge is 2.39. The van der Waals surface area contributed by atoms with Crippen molar-refractivity contribution in [2.75, 3.05) is 13.7 Å². The highest BCUT2D eigenvalue weighted by molar-refractivity contribution is 7.89. The highest BCUT2D eigenvalue weighted by Crippen LogP contribution is 2.28. The van der Waals surface area contributed by atoms with Crippen molar-refractivity contribution in [1.29, 1.82) is 0 Å². The van der Waals surface area contributed by atoms with Gasteiger partial charge in [0.25, 0.3) is 5.91 Å². The third-order valence-corrected chi connectivity index (χ3v) is 8.68. The number of halogens is 1. The highest BCUT2D eigenvalue weighted by atomic mass is 35.5. The molecule has 0 radical (unpaired) electrons. The first-order valence-electron chi connectivity index (χ1n) is 10.3. The number of ether oxygens (including phenoxy) is 1. The van der Waals surface area contributed by atoms with Crippen LogP contribution in [0.15, 0.2) is 52.4 Å². The number of methoxy groups -OCH3 is 1. The van der Waals surface area contributed by atoms with Crippen molar-refractivity contribution in [2.45, 2.75) is 30.3 Å². The molecule has 1 fully saturated rings. The Balaban J connectivity index is 1.73. The van der Waals surface area contributed by atoms with Crippen LogP contribution in [-0.2, 0) is 26.1 Å². The number of esters is 1. The maximum atomic E-state index is 13.2. The van der Waals surface area contributed by atoms with E-state index < -0.39 is 27.9 Å². The normalized spacial score (nSPS) is 17.1. The quantitative estimate of drug-likeness (QED) is 0.382. The number of rotatable bonds is 5. The minimum absolute atomic E-state index is 0.0659. The fraction of sp³-hybridized carbons (Fsp3) is 0.261. The van der Waals surface area contributed by atoms with E-state index in [1.54, 1.807) is 22.8 Å². The van der Waals surface area contributed by atoms with Gasteiger partial charge in [-0.2, -0.15) is 9.30 Å². The van der Waals surface area contributed by atoms with Gasteiger partial charge in [-0.05, 0) is 55.3 Å². The molecule has 1 aliphatic rings. The molecule has 176 valence electrons. The minimum Gasteiger partial charge on any atom is -0.465 e. The molecule has 3 aromatic rings. The number of fused-ring (bicyclic) bond motifs is 1. The third kappa shape index (κ3) is 4.52. The second kappa shape index (κ2) is 9.72. The lowest BCUT2D eigenvalue weighted by Gasteiger charge is -2.21. The van der Waals surface area contributed by atoms with E-state index in [0.29, 0.717) is 38.4 Å². The van der Waals surface area contributed by atoms with E-state index in [4.69, 9.17) is 22.8 Å². The Morgan fingerprint density at radius 3 is 2.68 bits per heavy atom. The Kier molecular flexibility index (Phi) is 6.91. The van der Waals surface area contributed by atoms with Crippen LogP contribution in [0.4, 0.5) is 0 Å². The molecule has 1 amide bonds. The summed E-state index contributed by atoms with van der Waals surface area (Å²) >= 11 is 7.07. The molecule has 4 rings (SSSR count). The number of carbonyl (C=O) groups excluding carboxylic acids is 2. The minimum atomic E-state index is -3.90. The van der Waals surface area contributed by atoms with Gasteiger partial charge in [-0.3, -0.25) is 4.79 Å². The Hall–Kier alpha value is -2.97. The topological polar surface area (TPSA) is 98.0 Å². The molecule has 1 saturated heterocycles. The summed E-state index contributed by atoms with van der Waals surface area (Å²) in [5.41, 5.74) is 1.07. The fourth-order valence-electron chi connectivity index (χ4n) is 3.83. The monoisotopic (exact) mass is 517 g/mol. The molecule has 2 aromatic carbocycles. The van der Waals surface area contributed by atoms with Crippen molar-refractivity contribution in [3.63, 3.8) is 0 Å². The molecular weight excluding hydrogens is 498 g/mol. The van der Waals surface area contributed by atoms with Crippen LogP contribution in [0.5, 0.6) is 0 Å². The Labute approximate surface area is 205 Å². The standard InChI is InChI=1S/C23H20ClN3O5S2/c1-3-12-26-18-11-6-15(22(29)32-2)14-20(18)33-23(26)25-21(28)19-5-4-13-27(19)34(30,31)17-9-7-16(24)8-10-17/h1,6-11,14,19H,4-5,12-13H2,2H3. The predicted octanol–water partition coefficient (Wildman–Crippen LogP) is 3.06. The molecular formula is C23H20ClN3O5S2. The van der Waals surface area contributed by atoms with Crippen LogP contribution in [-0.4, -0.2) is 48.9 Å². The number of hydrogen-bond acceptors (Lipinski definition) is 6. The number of sulfonamides is 1. The Morgan fingerprint density at radius 1 is 1.26 bits per heavy atom. The molecule has 0 spiro atoms. The summed E-state index contributed by atoms with van der Waals surface area (Å²) in [6.45, 7) is 0.372. The lowest BCUT2D eigenvalue weighted by atomic mass is 10.2. The van der Waals surface area contributed by atoms with E-state index in [2.05, 4.69) is 10.9 Å². The van der Waals surface area contributed by atoms with Gasteiger partial charge in [0, 0.05) is 11.6 Å². The molecule has 11 heteroatoms. The van der Waals surface area contributed by atoms with E-state index in [0.717, 1.165) is 0 Å². The summed E-state index contributed by atoms with van der Waals surface area (Å²) in [4.78, 5) is 29.7. The van der Waals surface area contributed by atoms with Crippen LogP contribution in [0.1, 0.15) is 23.2 Å². The average molecular weight is 518 g/mol. The van der Waals surface area contributed by atoms with Crippen LogP contribution in [0.3, 0.4) is 0 Å². The van der Waals surface area contributed by atoms with Gasteiger partial charge in [-0.15, -0.1) is 6.42 Å². The summed E-state index contributed by atoms with van der Waals surface area (Å²) in [5.74, 6) is 1.49. The number of aromatic nitrogens is 1. The Bertz CT molecular complexity index is 1480. The second-order valence-corrected chi connectivity index (χ2v) is 10.9. The van der Waals surface area contributed by atoms with Crippen LogP contribution >= 0.6 is 22.9 Å². The number of hydrogen-bond donors (Lipinski definition) is 0. The number of nitrogens with zero attached hydrogens (tertiary/aromatic N) is 3. The van der Waals surface area contributed by atoms with Crippen LogP contribution in [0.25, 0.3) is 10.2 Å². The molecule has 0 N–H and O–H groups in total. The van der Waals surface area contributed by atoms with E-state index in [1.165, 1.54) is 47.0 Å². The van der Waals surface area contributed by atoms with E-state index in [-0.39, 0.29) is 18.0 Å². The van der Waals surface area contributed by atoms with Crippen molar-refractivity contribution >= 4 is 55.1 Å². The molecule has 1 atom stereocenters. The molecule has 1 aliphatic heterocycles. The molecule has 1 unspecified atom stereocenters. The first kappa shape index (κ1) is 24.2. The maximum absolute atomic E-state index is 13.2. The SMILES string of the molecule is C#CCn1c(=NC(=O)C2CCCN2S(=O)(=O)c2ccc(Cl)cc2)sc2cc(C(=O)OC)ccc21.